The molecule has 15 heavy (non-hydrogen) atoms. The second-order valence-corrected chi connectivity index (χ2v) is 2.67. The SMILES string of the molecule is CC#[N+]C1=C(N)NC(NC(C)=O)=N[NH+]1[O-]. The Hall–Kier alpha value is -2.11. The molecule has 0 aromatic rings. The summed E-state index contributed by atoms with van der Waals surface area (Å²) >= 11 is 0. The van der Waals surface area contributed by atoms with Gasteiger partial charge in [-0.3, -0.25) is 15.4 Å². The summed E-state index contributed by atoms with van der Waals surface area (Å²) in [4.78, 5) is 14.3. The average molecular weight is 211 g/mol. The molecule has 1 aliphatic heterocycles. The average Bonchev–Trinajstić information content (AvgIpc) is 2.10. The first-order valence-corrected chi connectivity index (χ1v) is 4.09. The standard InChI is InChI=1S/C7H10N6O2/c1-3-9-6-5(8)11-7(10-4(2)14)12-13(6)15/h13H,8H2,1-2H3,(H-,10,11,12,14)/p+1. The van der Waals surface area contributed by atoms with Crippen molar-refractivity contribution in [3.05, 3.63) is 21.7 Å². The van der Waals surface area contributed by atoms with Crippen LogP contribution in [-0.2, 0) is 4.79 Å². The van der Waals surface area contributed by atoms with E-state index in [2.05, 4.69) is 26.6 Å². The molecule has 0 radical (unpaired) electrons. The van der Waals surface area contributed by atoms with Gasteiger partial charge in [0, 0.05) is 11.8 Å². The van der Waals surface area contributed by atoms with Crippen molar-refractivity contribution in [2.24, 2.45) is 10.8 Å². The molecule has 8 heteroatoms. The van der Waals surface area contributed by atoms with E-state index in [1.54, 1.807) is 0 Å². The second kappa shape index (κ2) is 4.41. The van der Waals surface area contributed by atoms with E-state index in [0.717, 1.165) is 0 Å². The van der Waals surface area contributed by atoms with E-state index in [0.29, 0.717) is 0 Å². The molecule has 5 N–H and O–H groups in total. The first kappa shape index (κ1) is 11.0. The van der Waals surface area contributed by atoms with E-state index in [9.17, 15) is 10.0 Å². The third-order valence-electron chi connectivity index (χ3n) is 1.44. The lowest BCUT2D eigenvalue weighted by molar-refractivity contribution is -0.812. The molecule has 1 aliphatic rings. The minimum atomic E-state index is -0.621. The number of hydroxylamine groups is 1. The number of carbonyl (C=O) groups is 1. The van der Waals surface area contributed by atoms with E-state index in [1.807, 2.05) is 0 Å². The van der Waals surface area contributed by atoms with Crippen molar-refractivity contribution in [3.63, 3.8) is 0 Å². The molecule has 1 amide bonds. The largest absolute Gasteiger partial charge is 0.595 e. The molecule has 1 heterocycles. The molecule has 0 spiro atoms. The normalized spacial score (nSPS) is 19.7. The van der Waals surface area contributed by atoms with Gasteiger partial charge in [0.25, 0.3) is 17.8 Å². The molecule has 0 fully saturated rings. The number of amides is 1. The van der Waals surface area contributed by atoms with E-state index >= 15 is 0 Å². The molecule has 0 aromatic carbocycles. The molecule has 0 saturated carbocycles. The molecule has 0 aromatic heterocycles. The monoisotopic (exact) mass is 211 g/mol. The summed E-state index contributed by atoms with van der Waals surface area (Å²) in [5, 5.41) is 19.1. The van der Waals surface area contributed by atoms with Gasteiger partial charge in [0.1, 0.15) is 0 Å². The first-order chi connectivity index (χ1) is 7.04. The van der Waals surface area contributed by atoms with Crippen LogP contribution in [0.15, 0.2) is 16.7 Å². The topological polar surface area (TPSA) is 111 Å². The van der Waals surface area contributed by atoms with E-state index in [1.165, 1.54) is 13.8 Å². The van der Waals surface area contributed by atoms with Crippen molar-refractivity contribution in [1.82, 2.24) is 10.6 Å². The lowest BCUT2D eigenvalue weighted by Gasteiger charge is -2.16. The van der Waals surface area contributed by atoms with Gasteiger partial charge in [-0.2, -0.15) is 0 Å². The zero-order valence-corrected chi connectivity index (χ0v) is 8.29. The second-order valence-electron chi connectivity index (χ2n) is 2.67. The minimum Gasteiger partial charge on any atom is -0.595 e. The number of carbonyl (C=O) groups excluding carboxylic acids is 1. The van der Waals surface area contributed by atoms with Crippen LogP contribution in [0.2, 0.25) is 0 Å². The Labute approximate surface area is 85.8 Å². The van der Waals surface area contributed by atoms with Crippen LogP contribution in [0.1, 0.15) is 13.8 Å². The lowest BCUT2D eigenvalue weighted by Crippen LogP contribution is -3.02. The fourth-order valence-electron chi connectivity index (χ4n) is 0.930. The molecule has 0 saturated heterocycles. The summed E-state index contributed by atoms with van der Waals surface area (Å²) in [5.41, 5.74) is 5.50. The van der Waals surface area contributed by atoms with Crippen molar-refractivity contribution in [2.45, 2.75) is 13.8 Å². The number of rotatable bonds is 0. The highest BCUT2D eigenvalue weighted by atomic mass is 16.5. The molecule has 80 valence electrons. The maximum Gasteiger partial charge on any atom is 0.559 e. The van der Waals surface area contributed by atoms with Crippen molar-refractivity contribution >= 4 is 11.9 Å². The predicted octanol–water partition coefficient (Wildman–Crippen LogP) is -2.18. The third kappa shape index (κ3) is 2.67. The number of nitrogens with zero attached hydrogens (tertiary/aromatic N) is 2. The summed E-state index contributed by atoms with van der Waals surface area (Å²) in [6.07, 6.45) is 0. The third-order valence-corrected chi connectivity index (χ3v) is 1.44. The van der Waals surface area contributed by atoms with Crippen molar-refractivity contribution in [1.29, 1.82) is 0 Å². The maximum atomic E-state index is 11.3. The number of nitrogens with one attached hydrogen (secondary N) is 3. The van der Waals surface area contributed by atoms with Gasteiger partial charge in [0.15, 0.2) is 0 Å². The molecule has 1 rings (SSSR count). The fraction of sp³-hybridized carbons (Fsp3) is 0.286. The van der Waals surface area contributed by atoms with Gasteiger partial charge in [-0.15, -0.1) is 5.17 Å². The van der Waals surface area contributed by atoms with E-state index in [4.69, 9.17) is 5.73 Å². The van der Waals surface area contributed by atoms with E-state index < -0.39 is 5.17 Å². The highest BCUT2D eigenvalue weighted by molar-refractivity contribution is 5.96. The summed E-state index contributed by atoms with van der Waals surface area (Å²) < 4.78 is 0. The van der Waals surface area contributed by atoms with Crippen LogP contribution in [0, 0.1) is 11.3 Å². The Balaban J connectivity index is 2.86. The van der Waals surface area contributed by atoms with Gasteiger partial charge in [-0.05, 0) is 5.10 Å². The highest BCUT2D eigenvalue weighted by Crippen LogP contribution is 1.93. The Bertz CT molecular complexity index is 401. The van der Waals surface area contributed by atoms with Crippen LogP contribution >= 0.6 is 0 Å². The molecule has 8 nitrogen and oxygen atoms in total. The molecule has 0 bridgehead atoms. The zero-order chi connectivity index (χ0) is 11.4. The number of quaternary nitrogens is 1. The van der Waals surface area contributed by atoms with Crippen LogP contribution in [0.5, 0.6) is 0 Å². The van der Waals surface area contributed by atoms with Crippen molar-refractivity contribution in [3.8, 4) is 6.07 Å². The smallest absolute Gasteiger partial charge is 0.559 e. The Morgan fingerprint density at radius 2 is 2.47 bits per heavy atom. The molecule has 0 aliphatic carbocycles. The predicted molar refractivity (Wildman–Crippen MR) is 52.9 cm³/mol. The fourth-order valence-corrected chi connectivity index (χ4v) is 0.930. The first-order valence-electron chi connectivity index (χ1n) is 4.09. The Morgan fingerprint density at radius 3 is 2.93 bits per heavy atom. The van der Waals surface area contributed by atoms with Gasteiger partial charge in [0.05, 0.1) is 6.92 Å². The van der Waals surface area contributed by atoms with Crippen LogP contribution in [0.25, 0.3) is 4.85 Å². The summed E-state index contributed by atoms with van der Waals surface area (Å²) in [5.74, 6) is -0.337. The summed E-state index contributed by atoms with van der Waals surface area (Å²) in [7, 11) is 0. The number of hydrogen-bond acceptors (Lipinski definition) is 5. The van der Waals surface area contributed by atoms with Crippen molar-refractivity contribution < 1.29 is 9.97 Å². The zero-order valence-electron chi connectivity index (χ0n) is 8.29. The van der Waals surface area contributed by atoms with Crippen LogP contribution in [0.3, 0.4) is 0 Å². The van der Waals surface area contributed by atoms with E-state index in [-0.39, 0.29) is 23.5 Å². The lowest BCUT2D eigenvalue weighted by atomic mass is 10.6. The van der Waals surface area contributed by atoms with Gasteiger partial charge < -0.3 is 10.9 Å². The maximum absolute atomic E-state index is 11.3. The Morgan fingerprint density at radius 1 is 1.80 bits per heavy atom. The number of guanidine groups is 1. The highest BCUT2D eigenvalue weighted by Gasteiger charge is 2.29. The van der Waals surface area contributed by atoms with Crippen LogP contribution in [-0.4, -0.2) is 11.9 Å². The van der Waals surface area contributed by atoms with Crippen LogP contribution < -0.4 is 21.5 Å². The van der Waals surface area contributed by atoms with Gasteiger partial charge in [0.2, 0.25) is 5.91 Å². The molecular formula is C7H11N6O2+. The van der Waals surface area contributed by atoms with Crippen molar-refractivity contribution in [2.75, 3.05) is 0 Å². The van der Waals surface area contributed by atoms with Crippen LogP contribution in [0.4, 0.5) is 0 Å². The molecule has 1 atom stereocenters. The summed E-state index contributed by atoms with van der Waals surface area (Å²) in [6.45, 7) is 2.82. The summed E-state index contributed by atoms with van der Waals surface area (Å²) in [6, 6.07) is 2.42. The number of hydrogen-bond donors (Lipinski definition) is 4. The molecular weight excluding hydrogens is 200 g/mol. The van der Waals surface area contributed by atoms with Gasteiger partial charge in [-0.25, -0.2) is 0 Å². The van der Waals surface area contributed by atoms with Gasteiger partial charge in [-0.1, -0.05) is 0 Å². The quantitative estimate of drug-likeness (QED) is 0.341. The minimum absolute atomic E-state index is 0.0000491. The number of nitrogens with two attached hydrogens (primary N) is 1. The molecule has 1 unspecified atom stereocenters. The Kier molecular flexibility index (Phi) is 3.22. The van der Waals surface area contributed by atoms with Gasteiger partial charge >= 0.3 is 5.82 Å².